The Balaban J connectivity index is 1.61. The van der Waals surface area contributed by atoms with Gasteiger partial charge in [-0.3, -0.25) is 9.59 Å². The molecule has 3 rings (SSSR count). The van der Waals surface area contributed by atoms with Crippen molar-refractivity contribution >= 4 is 11.8 Å². The van der Waals surface area contributed by atoms with Crippen molar-refractivity contribution < 1.29 is 22.8 Å². The van der Waals surface area contributed by atoms with Gasteiger partial charge < -0.3 is 9.80 Å². The molecule has 0 N–H and O–H groups in total. The number of carbonyl (C=O) groups excluding carboxylic acids is 2. The molecule has 2 aliphatic rings. The summed E-state index contributed by atoms with van der Waals surface area (Å²) in [4.78, 5) is 27.8. The number of amides is 2. The van der Waals surface area contributed by atoms with Gasteiger partial charge in [0, 0.05) is 38.2 Å². The van der Waals surface area contributed by atoms with E-state index in [4.69, 9.17) is 0 Å². The molecule has 0 saturated carbocycles. The minimum Gasteiger partial charge on any atom is -0.342 e. The van der Waals surface area contributed by atoms with E-state index in [1.54, 1.807) is 4.90 Å². The highest BCUT2D eigenvalue weighted by Gasteiger charge is 2.41. The minimum absolute atomic E-state index is 0.0495. The number of benzene rings is 1. The molecule has 142 valence electrons. The van der Waals surface area contributed by atoms with Gasteiger partial charge in [0.1, 0.15) is 0 Å². The van der Waals surface area contributed by atoms with Crippen LogP contribution in [0.4, 0.5) is 13.2 Å². The van der Waals surface area contributed by atoms with Crippen molar-refractivity contribution in [2.24, 2.45) is 5.41 Å². The molecule has 4 nitrogen and oxygen atoms in total. The summed E-state index contributed by atoms with van der Waals surface area (Å²) in [6.07, 6.45) is 2.69. The second kappa shape index (κ2) is 7.29. The van der Waals surface area contributed by atoms with Crippen LogP contribution >= 0.6 is 0 Å². The van der Waals surface area contributed by atoms with Gasteiger partial charge >= 0.3 is 0 Å². The molecule has 1 aromatic rings. The van der Waals surface area contributed by atoms with Crippen LogP contribution in [0.5, 0.6) is 0 Å². The van der Waals surface area contributed by atoms with E-state index >= 15 is 0 Å². The van der Waals surface area contributed by atoms with Crippen LogP contribution in [0.1, 0.15) is 38.2 Å². The Morgan fingerprint density at radius 3 is 2.46 bits per heavy atom. The number of nitrogens with zero attached hydrogens (tertiary/aromatic N) is 2. The van der Waals surface area contributed by atoms with E-state index in [0.29, 0.717) is 26.1 Å². The molecule has 2 amide bonds. The Kier molecular flexibility index (Phi) is 5.25. The molecular weight excluding hydrogens is 345 g/mol. The lowest BCUT2D eigenvalue weighted by Crippen LogP contribution is -2.52. The summed E-state index contributed by atoms with van der Waals surface area (Å²) in [6, 6.07) is 1.95. The molecule has 0 unspecified atom stereocenters. The Hall–Kier alpha value is -2.05. The van der Waals surface area contributed by atoms with Crippen LogP contribution in [0.25, 0.3) is 0 Å². The number of halogens is 3. The third-order valence-corrected chi connectivity index (χ3v) is 5.76. The van der Waals surface area contributed by atoms with E-state index in [2.05, 4.69) is 0 Å². The van der Waals surface area contributed by atoms with E-state index in [1.165, 1.54) is 0 Å². The van der Waals surface area contributed by atoms with Crippen molar-refractivity contribution in [3.63, 3.8) is 0 Å². The van der Waals surface area contributed by atoms with Gasteiger partial charge in [0.15, 0.2) is 17.5 Å². The number of hydrogen-bond acceptors (Lipinski definition) is 2. The highest BCUT2D eigenvalue weighted by molar-refractivity contribution is 5.79. The summed E-state index contributed by atoms with van der Waals surface area (Å²) >= 11 is 0. The number of hydrogen-bond donors (Lipinski definition) is 0. The van der Waals surface area contributed by atoms with Gasteiger partial charge in [-0.1, -0.05) is 6.07 Å². The summed E-state index contributed by atoms with van der Waals surface area (Å²) in [5.74, 6) is -4.20. The summed E-state index contributed by atoms with van der Waals surface area (Å²) in [6.45, 7) is 4.46. The van der Waals surface area contributed by atoms with Crippen LogP contribution in [0.2, 0.25) is 0 Å². The highest BCUT2D eigenvalue weighted by Crippen LogP contribution is 2.40. The highest BCUT2D eigenvalue weighted by atomic mass is 19.2. The van der Waals surface area contributed by atoms with Crippen LogP contribution < -0.4 is 0 Å². The second-order valence-electron chi connectivity index (χ2n) is 7.30. The quantitative estimate of drug-likeness (QED) is 0.770. The van der Waals surface area contributed by atoms with Gasteiger partial charge in [0.25, 0.3) is 0 Å². The molecule has 2 heterocycles. The zero-order chi connectivity index (χ0) is 18.9. The topological polar surface area (TPSA) is 40.6 Å². The normalized spacial score (nSPS) is 19.9. The average Bonchev–Trinajstić information content (AvgIpc) is 2.65. The molecule has 1 aromatic carbocycles. The molecule has 1 spiro atoms. The smallest absolute Gasteiger partial charge is 0.227 e. The molecule has 0 radical (unpaired) electrons. The maximum atomic E-state index is 13.8. The van der Waals surface area contributed by atoms with Crippen molar-refractivity contribution in [3.8, 4) is 0 Å². The van der Waals surface area contributed by atoms with Crippen LogP contribution in [-0.2, 0) is 16.0 Å². The van der Waals surface area contributed by atoms with Gasteiger partial charge in [-0.25, -0.2) is 13.2 Å². The Bertz CT molecular complexity index is 715. The fourth-order valence-electron chi connectivity index (χ4n) is 4.01. The predicted octanol–water partition coefficient (Wildman–Crippen LogP) is 2.90. The van der Waals surface area contributed by atoms with E-state index < -0.39 is 17.5 Å². The van der Waals surface area contributed by atoms with Crippen molar-refractivity contribution in [2.45, 2.75) is 39.0 Å². The standard InChI is InChI=1S/C19H23F3N2O2/c1-2-23-12-19(6-5-15(23)25)7-9-24(10-8-19)16(26)11-13-3-4-14(20)18(22)17(13)21/h3-4H,2,5-12H2,1H3. The molecule has 0 atom stereocenters. The Labute approximate surface area is 151 Å². The summed E-state index contributed by atoms with van der Waals surface area (Å²) in [5.41, 5.74) is -0.0805. The zero-order valence-corrected chi connectivity index (χ0v) is 14.9. The van der Waals surface area contributed by atoms with E-state index in [1.807, 2.05) is 11.8 Å². The van der Waals surface area contributed by atoms with Gasteiger partial charge in [-0.15, -0.1) is 0 Å². The lowest BCUT2D eigenvalue weighted by Gasteiger charge is -2.47. The molecule has 2 aliphatic heterocycles. The third kappa shape index (κ3) is 3.57. The predicted molar refractivity (Wildman–Crippen MR) is 89.8 cm³/mol. The SMILES string of the molecule is CCN1CC2(CCC1=O)CCN(C(=O)Cc1ccc(F)c(F)c1F)CC2. The van der Waals surface area contributed by atoms with Gasteiger partial charge in [-0.2, -0.15) is 0 Å². The maximum Gasteiger partial charge on any atom is 0.227 e. The number of carbonyl (C=O) groups is 2. The monoisotopic (exact) mass is 368 g/mol. The lowest BCUT2D eigenvalue weighted by atomic mass is 9.72. The average molecular weight is 368 g/mol. The lowest BCUT2D eigenvalue weighted by molar-refractivity contribution is -0.142. The molecule has 26 heavy (non-hydrogen) atoms. The maximum absolute atomic E-state index is 13.8. The summed E-state index contributed by atoms with van der Waals surface area (Å²) < 4.78 is 40.1. The van der Waals surface area contributed by atoms with Crippen LogP contribution in [-0.4, -0.2) is 47.8 Å². The number of rotatable bonds is 3. The molecule has 7 heteroatoms. The van der Waals surface area contributed by atoms with Gasteiger partial charge in [0.05, 0.1) is 6.42 Å². The third-order valence-electron chi connectivity index (χ3n) is 5.76. The van der Waals surface area contributed by atoms with Gasteiger partial charge in [-0.05, 0) is 37.7 Å². The van der Waals surface area contributed by atoms with Crippen molar-refractivity contribution in [2.75, 3.05) is 26.2 Å². The number of likely N-dealkylation sites (tertiary alicyclic amines) is 2. The molecule has 0 bridgehead atoms. The van der Waals surface area contributed by atoms with Crippen molar-refractivity contribution in [1.82, 2.24) is 9.80 Å². The first-order valence-electron chi connectivity index (χ1n) is 9.03. The molecule has 2 fully saturated rings. The molecular formula is C19H23F3N2O2. The first-order valence-corrected chi connectivity index (χ1v) is 9.03. The van der Waals surface area contributed by atoms with Gasteiger partial charge in [0.2, 0.25) is 11.8 Å². The molecule has 0 aromatic heterocycles. The fraction of sp³-hybridized carbons (Fsp3) is 0.579. The molecule has 0 aliphatic carbocycles. The van der Waals surface area contributed by atoms with E-state index in [9.17, 15) is 22.8 Å². The Morgan fingerprint density at radius 1 is 1.12 bits per heavy atom. The second-order valence-corrected chi connectivity index (χ2v) is 7.30. The Morgan fingerprint density at radius 2 is 1.81 bits per heavy atom. The number of piperidine rings is 2. The summed E-state index contributed by atoms with van der Waals surface area (Å²) in [5, 5.41) is 0. The minimum atomic E-state index is -1.54. The first-order chi connectivity index (χ1) is 12.3. The zero-order valence-electron chi connectivity index (χ0n) is 14.9. The largest absolute Gasteiger partial charge is 0.342 e. The fourth-order valence-corrected chi connectivity index (χ4v) is 4.01. The van der Waals surface area contributed by atoms with Crippen molar-refractivity contribution in [3.05, 3.63) is 35.1 Å². The molecule has 2 saturated heterocycles. The first kappa shape index (κ1) is 18.7. The van der Waals surface area contributed by atoms with Crippen LogP contribution in [0.3, 0.4) is 0 Å². The van der Waals surface area contributed by atoms with E-state index in [-0.39, 0.29) is 29.2 Å². The van der Waals surface area contributed by atoms with Crippen LogP contribution in [0, 0.1) is 22.9 Å². The summed E-state index contributed by atoms with van der Waals surface area (Å²) in [7, 11) is 0. The van der Waals surface area contributed by atoms with Crippen LogP contribution in [0.15, 0.2) is 12.1 Å². The van der Waals surface area contributed by atoms with Crippen molar-refractivity contribution in [1.29, 1.82) is 0 Å². The van der Waals surface area contributed by atoms with E-state index in [0.717, 1.165) is 37.9 Å².